The van der Waals surface area contributed by atoms with Gasteiger partial charge in [0.25, 0.3) is 5.91 Å². The summed E-state index contributed by atoms with van der Waals surface area (Å²) in [5.74, 6) is -0.972. The number of carbonyl (C=O) groups is 1. The molecule has 0 unspecified atom stereocenters. The summed E-state index contributed by atoms with van der Waals surface area (Å²) in [7, 11) is 0. The summed E-state index contributed by atoms with van der Waals surface area (Å²) in [4.78, 5) is 15.9. The molecule has 0 atom stereocenters. The van der Waals surface area contributed by atoms with Crippen LogP contribution in [0.25, 0.3) is 0 Å². The summed E-state index contributed by atoms with van der Waals surface area (Å²) < 4.78 is 14.4. The van der Waals surface area contributed by atoms with E-state index < -0.39 is 11.7 Å². The van der Waals surface area contributed by atoms with Crippen molar-refractivity contribution in [2.24, 2.45) is 0 Å². The average Bonchev–Trinajstić information content (AvgIpc) is 2.32. The number of halogens is 4. The number of hydrogen-bond acceptors (Lipinski definition) is 2. The molecule has 1 amide bonds. The number of pyridine rings is 1. The predicted molar refractivity (Wildman–Crippen MR) is 79.0 cm³/mol. The Morgan fingerprint density at radius 2 is 1.95 bits per heavy atom. The first kappa shape index (κ1) is 14.4. The van der Waals surface area contributed by atoms with E-state index in [9.17, 15) is 9.18 Å². The zero-order valence-corrected chi connectivity index (χ0v) is 13.2. The van der Waals surface area contributed by atoms with Gasteiger partial charge < -0.3 is 5.32 Å². The van der Waals surface area contributed by atoms with Crippen molar-refractivity contribution in [1.29, 1.82) is 0 Å². The number of anilines is 1. The molecule has 0 fully saturated rings. The molecular formula is C12H6Br2ClFN2O. The Hall–Kier alpha value is -0.980. The van der Waals surface area contributed by atoms with Crippen LogP contribution < -0.4 is 5.32 Å². The summed E-state index contributed by atoms with van der Waals surface area (Å²) in [6.07, 6.45) is 1.51. The molecule has 0 aliphatic carbocycles. The first-order chi connectivity index (χ1) is 8.95. The maximum atomic E-state index is 13.2. The van der Waals surface area contributed by atoms with Crippen molar-refractivity contribution in [3.05, 3.63) is 55.9 Å². The standard InChI is InChI=1S/C12H6Br2ClFN2O/c13-7-1-6(2-9(16)3-7)12(19)18-10-4-8(14)5-17-11(10)15/h1-5H,(H,18,19). The zero-order chi connectivity index (χ0) is 14.0. The maximum absolute atomic E-state index is 13.2. The van der Waals surface area contributed by atoms with Gasteiger partial charge in [-0.15, -0.1) is 0 Å². The number of carbonyl (C=O) groups excluding carboxylic acids is 1. The zero-order valence-electron chi connectivity index (χ0n) is 9.25. The first-order valence-electron chi connectivity index (χ1n) is 5.04. The van der Waals surface area contributed by atoms with Crippen LogP contribution >= 0.6 is 43.5 Å². The molecule has 3 nitrogen and oxygen atoms in total. The van der Waals surface area contributed by atoms with Crippen LogP contribution in [0.1, 0.15) is 10.4 Å². The Balaban J connectivity index is 2.28. The highest BCUT2D eigenvalue weighted by Crippen LogP contribution is 2.24. The molecule has 0 saturated heterocycles. The predicted octanol–water partition coefficient (Wildman–Crippen LogP) is 4.65. The lowest BCUT2D eigenvalue weighted by Gasteiger charge is -2.07. The minimum absolute atomic E-state index is 0.159. The number of amides is 1. The average molecular weight is 408 g/mol. The van der Waals surface area contributed by atoms with Crippen LogP contribution in [-0.4, -0.2) is 10.9 Å². The van der Waals surface area contributed by atoms with E-state index in [4.69, 9.17) is 11.6 Å². The number of aromatic nitrogens is 1. The largest absolute Gasteiger partial charge is 0.319 e. The summed E-state index contributed by atoms with van der Waals surface area (Å²) in [5, 5.41) is 2.73. The fraction of sp³-hybridized carbons (Fsp3) is 0. The number of hydrogen-bond donors (Lipinski definition) is 1. The molecule has 0 aliphatic rings. The fourth-order valence-electron chi connectivity index (χ4n) is 1.39. The van der Waals surface area contributed by atoms with Gasteiger partial charge in [-0.2, -0.15) is 0 Å². The smallest absolute Gasteiger partial charge is 0.255 e. The summed E-state index contributed by atoms with van der Waals surface area (Å²) in [5.41, 5.74) is 0.532. The van der Waals surface area contributed by atoms with Crippen molar-refractivity contribution >= 4 is 55.1 Å². The molecule has 2 aromatic rings. The van der Waals surface area contributed by atoms with Crippen LogP contribution in [0.2, 0.25) is 5.15 Å². The van der Waals surface area contributed by atoms with Crippen molar-refractivity contribution in [3.63, 3.8) is 0 Å². The van der Waals surface area contributed by atoms with Crippen LogP contribution in [0.5, 0.6) is 0 Å². The van der Waals surface area contributed by atoms with Gasteiger partial charge in [0.15, 0.2) is 5.15 Å². The monoisotopic (exact) mass is 406 g/mol. The molecule has 7 heteroatoms. The molecular weight excluding hydrogens is 402 g/mol. The van der Waals surface area contributed by atoms with Crippen LogP contribution in [0.3, 0.4) is 0 Å². The number of rotatable bonds is 2. The highest BCUT2D eigenvalue weighted by Gasteiger charge is 2.11. The molecule has 0 spiro atoms. The van der Waals surface area contributed by atoms with Crippen LogP contribution in [0.15, 0.2) is 39.4 Å². The van der Waals surface area contributed by atoms with Crippen molar-refractivity contribution in [2.75, 3.05) is 5.32 Å². The highest BCUT2D eigenvalue weighted by atomic mass is 79.9. The Labute approximate surface area is 130 Å². The minimum Gasteiger partial charge on any atom is -0.319 e. The van der Waals surface area contributed by atoms with E-state index in [1.54, 1.807) is 6.07 Å². The van der Waals surface area contributed by atoms with Crippen LogP contribution in [-0.2, 0) is 0 Å². The van der Waals surface area contributed by atoms with E-state index in [1.165, 1.54) is 18.3 Å². The second-order valence-corrected chi connectivity index (χ2v) is 5.79. The van der Waals surface area contributed by atoms with E-state index in [2.05, 4.69) is 42.2 Å². The van der Waals surface area contributed by atoms with E-state index in [1.807, 2.05) is 0 Å². The molecule has 1 aromatic carbocycles. The van der Waals surface area contributed by atoms with Gasteiger partial charge in [-0.05, 0) is 40.2 Å². The number of benzene rings is 1. The van der Waals surface area contributed by atoms with Crippen molar-refractivity contribution in [3.8, 4) is 0 Å². The molecule has 19 heavy (non-hydrogen) atoms. The second-order valence-electron chi connectivity index (χ2n) is 3.60. The highest BCUT2D eigenvalue weighted by molar-refractivity contribution is 9.10. The van der Waals surface area contributed by atoms with Gasteiger partial charge in [-0.25, -0.2) is 9.37 Å². The van der Waals surface area contributed by atoms with Crippen molar-refractivity contribution in [2.45, 2.75) is 0 Å². The maximum Gasteiger partial charge on any atom is 0.255 e. The van der Waals surface area contributed by atoms with Gasteiger partial charge >= 0.3 is 0 Å². The van der Waals surface area contributed by atoms with Crippen molar-refractivity contribution in [1.82, 2.24) is 4.98 Å². The molecule has 1 N–H and O–H groups in total. The normalized spacial score (nSPS) is 10.3. The molecule has 0 saturated carbocycles. The molecule has 1 aromatic heterocycles. The molecule has 2 rings (SSSR count). The lowest BCUT2D eigenvalue weighted by Crippen LogP contribution is -2.13. The Morgan fingerprint density at radius 3 is 2.63 bits per heavy atom. The van der Waals surface area contributed by atoms with Gasteiger partial charge in [0.1, 0.15) is 5.82 Å². The quantitative estimate of drug-likeness (QED) is 0.735. The van der Waals surface area contributed by atoms with E-state index >= 15 is 0 Å². The van der Waals surface area contributed by atoms with Crippen LogP contribution in [0, 0.1) is 5.82 Å². The Bertz CT molecular complexity index is 631. The molecule has 98 valence electrons. The van der Waals surface area contributed by atoms with Gasteiger partial charge in [-0.1, -0.05) is 27.5 Å². The molecule has 0 bridgehead atoms. The third-order valence-electron chi connectivity index (χ3n) is 2.18. The fourth-order valence-corrected chi connectivity index (χ4v) is 2.34. The number of nitrogens with one attached hydrogen (secondary N) is 1. The van der Waals surface area contributed by atoms with Crippen LogP contribution in [0.4, 0.5) is 10.1 Å². The summed E-state index contributed by atoms with van der Waals surface area (Å²) in [6, 6.07) is 5.53. The third kappa shape index (κ3) is 3.75. The van der Waals surface area contributed by atoms with E-state index in [-0.39, 0.29) is 10.7 Å². The second kappa shape index (κ2) is 5.98. The summed E-state index contributed by atoms with van der Waals surface area (Å²) >= 11 is 12.2. The SMILES string of the molecule is O=C(Nc1cc(Br)cnc1Cl)c1cc(F)cc(Br)c1. The van der Waals surface area contributed by atoms with Crippen molar-refractivity contribution < 1.29 is 9.18 Å². The van der Waals surface area contributed by atoms with Gasteiger partial charge in [0.05, 0.1) is 5.69 Å². The molecule has 0 aliphatic heterocycles. The Kier molecular flexibility index (Phi) is 4.54. The lowest BCUT2D eigenvalue weighted by atomic mass is 10.2. The minimum atomic E-state index is -0.502. The number of nitrogens with zero attached hydrogens (tertiary/aromatic N) is 1. The first-order valence-corrected chi connectivity index (χ1v) is 7.00. The van der Waals surface area contributed by atoms with E-state index in [0.29, 0.717) is 14.6 Å². The summed E-state index contributed by atoms with van der Waals surface area (Å²) in [6.45, 7) is 0. The van der Waals surface area contributed by atoms with Gasteiger partial charge in [0.2, 0.25) is 0 Å². The lowest BCUT2D eigenvalue weighted by molar-refractivity contribution is 0.102. The van der Waals surface area contributed by atoms with E-state index in [0.717, 1.165) is 6.07 Å². The molecule has 1 heterocycles. The van der Waals surface area contributed by atoms with Gasteiger partial charge in [0, 0.05) is 20.7 Å². The third-order valence-corrected chi connectivity index (χ3v) is 3.37. The Morgan fingerprint density at radius 1 is 1.21 bits per heavy atom. The topological polar surface area (TPSA) is 42.0 Å². The molecule has 0 radical (unpaired) electrons. The van der Waals surface area contributed by atoms with Gasteiger partial charge in [-0.3, -0.25) is 4.79 Å².